The second-order valence-electron chi connectivity index (χ2n) is 3.69. The molecule has 0 radical (unpaired) electrons. The van der Waals surface area contributed by atoms with E-state index in [4.69, 9.17) is 0 Å². The fourth-order valence-corrected chi connectivity index (χ4v) is 1.39. The summed E-state index contributed by atoms with van der Waals surface area (Å²) >= 11 is 0. The number of amides is 2. The first-order chi connectivity index (χ1) is 9.54. The number of nitrogens with one attached hydrogen (secondary N) is 3. The van der Waals surface area contributed by atoms with Crippen molar-refractivity contribution in [3.05, 3.63) is 56.9 Å². The molecule has 0 aliphatic rings. The van der Waals surface area contributed by atoms with Crippen molar-refractivity contribution in [2.24, 2.45) is 0 Å². The number of hydrogen-bond acceptors (Lipinski definition) is 5. The summed E-state index contributed by atoms with van der Waals surface area (Å²) in [5.41, 5.74) is -0.263. The molecule has 1 aromatic heterocycles. The van der Waals surface area contributed by atoms with Crippen LogP contribution in [0.5, 0.6) is 0 Å². The molecular weight excluding hydrogens is 266 g/mol. The van der Waals surface area contributed by atoms with Crippen LogP contribution in [-0.4, -0.2) is 21.2 Å². The zero-order valence-electron chi connectivity index (χ0n) is 9.99. The normalized spacial score (nSPS) is 9.80. The molecule has 0 bridgehead atoms. The standard InChI is InChI=1S/C11H9N5O4/c17-10-5-4-9(14-15-10)13-11(18)12-7-2-1-3-8(6-7)16(19)20/h1-6H,(H,15,17)(H2,12,13,14,18). The molecule has 102 valence electrons. The molecule has 0 saturated carbocycles. The van der Waals surface area contributed by atoms with Gasteiger partial charge in [-0.05, 0) is 12.1 Å². The average Bonchev–Trinajstić information content (AvgIpc) is 2.41. The molecule has 0 saturated heterocycles. The van der Waals surface area contributed by atoms with Gasteiger partial charge in [-0.2, -0.15) is 5.10 Å². The monoisotopic (exact) mass is 275 g/mol. The highest BCUT2D eigenvalue weighted by molar-refractivity contribution is 5.99. The molecule has 20 heavy (non-hydrogen) atoms. The van der Waals surface area contributed by atoms with Gasteiger partial charge in [-0.1, -0.05) is 6.07 Å². The fraction of sp³-hybridized carbons (Fsp3) is 0. The van der Waals surface area contributed by atoms with Crippen LogP contribution in [0.3, 0.4) is 0 Å². The number of hydrogen-bond donors (Lipinski definition) is 3. The second kappa shape index (κ2) is 5.61. The van der Waals surface area contributed by atoms with Crippen LogP contribution in [0.2, 0.25) is 0 Å². The minimum atomic E-state index is -0.634. The first-order valence-corrected chi connectivity index (χ1v) is 5.43. The summed E-state index contributed by atoms with van der Waals surface area (Å²) in [5.74, 6) is 0.146. The van der Waals surface area contributed by atoms with Crippen molar-refractivity contribution in [1.82, 2.24) is 10.2 Å². The number of H-pyrrole nitrogens is 1. The molecule has 0 unspecified atom stereocenters. The zero-order chi connectivity index (χ0) is 14.5. The van der Waals surface area contributed by atoms with Crippen LogP contribution in [-0.2, 0) is 0 Å². The van der Waals surface area contributed by atoms with E-state index in [0.717, 1.165) is 0 Å². The van der Waals surface area contributed by atoms with Crippen molar-refractivity contribution in [2.45, 2.75) is 0 Å². The Morgan fingerprint density at radius 3 is 2.70 bits per heavy atom. The quantitative estimate of drug-likeness (QED) is 0.574. The van der Waals surface area contributed by atoms with E-state index in [0.29, 0.717) is 0 Å². The molecule has 9 heteroatoms. The minimum Gasteiger partial charge on any atom is -0.307 e. The van der Waals surface area contributed by atoms with Crippen LogP contribution in [0, 0.1) is 10.1 Å². The van der Waals surface area contributed by atoms with Crippen molar-refractivity contribution in [1.29, 1.82) is 0 Å². The number of rotatable bonds is 3. The molecule has 0 fully saturated rings. The second-order valence-corrected chi connectivity index (χ2v) is 3.69. The summed E-state index contributed by atoms with van der Waals surface area (Å²) in [7, 11) is 0. The number of nitro groups is 1. The maximum atomic E-state index is 11.6. The van der Waals surface area contributed by atoms with E-state index in [-0.39, 0.29) is 17.2 Å². The summed E-state index contributed by atoms with van der Waals surface area (Å²) in [5, 5.41) is 21.1. The molecule has 0 spiro atoms. The number of aromatic nitrogens is 2. The number of urea groups is 1. The van der Waals surface area contributed by atoms with Gasteiger partial charge in [-0.3, -0.25) is 20.2 Å². The summed E-state index contributed by atoms with van der Waals surface area (Å²) in [4.78, 5) is 32.4. The smallest absolute Gasteiger partial charge is 0.307 e. The average molecular weight is 275 g/mol. The van der Waals surface area contributed by atoms with Crippen LogP contribution >= 0.6 is 0 Å². The van der Waals surface area contributed by atoms with Crippen molar-refractivity contribution in [2.75, 3.05) is 10.6 Å². The molecule has 3 N–H and O–H groups in total. The molecular formula is C11H9N5O4. The van der Waals surface area contributed by atoms with E-state index in [1.807, 2.05) is 0 Å². The first-order valence-electron chi connectivity index (χ1n) is 5.43. The molecule has 1 heterocycles. The van der Waals surface area contributed by atoms with Gasteiger partial charge in [0.2, 0.25) is 0 Å². The predicted molar refractivity (Wildman–Crippen MR) is 70.6 cm³/mol. The predicted octanol–water partition coefficient (Wildman–Crippen LogP) is 1.32. The van der Waals surface area contributed by atoms with Crippen LogP contribution in [0.1, 0.15) is 0 Å². The number of carbonyl (C=O) groups excluding carboxylic acids is 1. The first kappa shape index (κ1) is 13.2. The van der Waals surface area contributed by atoms with E-state index >= 15 is 0 Å². The number of benzene rings is 1. The SMILES string of the molecule is O=C(Nc1cccc([N+](=O)[O-])c1)Nc1ccc(=O)[nH]n1. The highest BCUT2D eigenvalue weighted by Gasteiger charge is 2.08. The van der Waals surface area contributed by atoms with Crippen molar-refractivity contribution >= 4 is 23.2 Å². The Morgan fingerprint density at radius 1 is 1.25 bits per heavy atom. The number of non-ortho nitro benzene ring substituents is 1. The molecule has 0 aliphatic carbocycles. The largest absolute Gasteiger partial charge is 0.324 e. The van der Waals surface area contributed by atoms with Gasteiger partial charge in [-0.15, -0.1) is 0 Å². The lowest BCUT2D eigenvalue weighted by molar-refractivity contribution is -0.384. The Hall–Kier alpha value is -3.23. The van der Waals surface area contributed by atoms with E-state index in [1.54, 1.807) is 0 Å². The van der Waals surface area contributed by atoms with Crippen molar-refractivity contribution in [3.8, 4) is 0 Å². The molecule has 2 amide bonds. The fourth-order valence-electron chi connectivity index (χ4n) is 1.39. The Kier molecular flexibility index (Phi) is 3.70. The number of carbonyl (C=O) groups is 1. The van der Waals surface area contributed by atoms with E-state index < -0.39 is 16.5 Å². The van der Waals surface area contributed by atoms with Crippen LogP contribution < -0.4 is 16.2 Å². The summed E-state index contributed by atoms with van der Waals surface area (Å²) in [6, 6.07) is 7.39. The van der Waals surface area contributed by atoms with Gasteiger partial charge in [0.05, 0.1) is 4.92 Å². The maximum Gasteiger partial charge on any atom is 0.324 e. The topological polar surface area (TPSA) is 130 Å². The Bertz CT molecular complexity index is 691. The van der Waals surface area contributed by atoms with Gasteiger partial charge < -0.3 is 5.32 Å². The van der Waals surface area contributed by atoms with Crippen LogP contribution in [0.25, 0.3) is 0 Å². The van der Waals surface area contributed by atoms with Gasteiger partial charge in [0, 0.05) is 23.9 Å². The van der Waals surface area contributed by atoms with Crippen LogP contribution in [0.4, 0.5) is 22.0 Å². The van der Waals surface area contributed by atoms with Gasteiger partial charge in [0.15, 0.2) is 5.82 Å². The number of aromatic amines is 1. The van der Waals surface area contributed by atoms with Crippen molar-refractivity contribution < 1.29 is 9.72 Å². The van der Waals surface area contributed by atoms with Crippen molar-refractivity contribution in [3.63, 3.8) is 0 Å². The highest BCUT2D eigenvalue weighted by Crippen LogP contribution is 2.17. The molecule has 1 aromatic carbocycles. The number of nitrogens with zero attached hydrogens (tertiary/aromatic N) is 2. The summed E-state index contributed by atoms with van der Waals surface area (Å²) in [6.45, 7) is 0. The number of anilines is 2. The molecule has 0 aliphatic heterocycles. The summed E-state index contributed by atoms with van der Waals surface area (Å²) in [6.07, 6.45) is 0. The molecule has 2 aromatic rings. The minimum absolute atomic E-state index is 0.134. The summed E-state index contributed by atoms with van der Waals surface area (Å²) < 4.78 is 0. The highest BCUT2D eigenvalue weighted by atomic mass is 16.6. The lowest BCUT2D eigenvalue weighted by Crippen LogP contribution is -2.21. The third-order valence-corrected chi connectivity index (χ3v) is 2.24. The van der Waals surface area contributed by atoms with E-state index in [2.05, 4.69) is 20.8 Å². The third kappa shape index (κ3) is 3.38. The zero-order valence-corrected chi connectivity index (χ0v) is 9.99. The van der Waals surface area contributed by atoms with E-state index in [1.165, 1.54) is 36.4 Å². The molecule has 0 atom stereocenters. The lowest BCUT2D eigenvalue weighted by atomic mass is 10.3. The van der Waals surface area contributed by atoms with Gasteiger partial charge >= 0.3 is 6.03 Å². The Balaban J connectivity index is 2.04. The molecule has 9 nitrogen and oxygen atoms in total. The van der Waals surface area contributed by atoms with Gasteiger partial charge in [0.25, 0.3) is 11.2 Å². The molecule has 2 rings (SSSR count). The van der Waals surface area contributed by atoms with Gasteiger partial charge in [-0.25, -0.2) is 9.89 Å². The maximum absolute atomic E-state index is 11.6. The third-order valence-electron chi connectivity index (χ3n) is 2.24. The van der Waals surface area contributed by atoms with E-state index in [9.17, 15) is 19.7 Å². The lowest BCUT2D eigenvalue weighted by Gasteiger charge is -2.06. The van der Waals surface area contributed by atoms with Gasteiger partial charge in [0.1, 0.15) is 0 Å². The van der Waals surface area contributed by atoms with Crippen LogP contribution in [0.15, 0.2) is 41.2 Å². The number of nitro benzene ring substituents is 1. The Morgan fingerprint density at radius 2 is 2.05 bits per heavy atom. The Labute approximate surface area is 111 Å².